The van der Waals surface area contributed by atoms with E-state index in [9.17, 15) is 0 Å². The number of hydrogen-bond acceptors (Lipinski definition) is 3. The molecule has 0 bridgehead atoms. The number of aromatic nitrogens is 1. The molecule has 0 aliphatic rings. The Hall–Kier alpha value is -1.35. The SMILES string of the molecule is C=CCN(c1ccncc1CNC(C)(C)C)C(C)C. The zero-order chi connectivity index (χ0) is 14.5. The molecule has 19 heavy (non-hydrogen) atoms. The van der Waals surface area contributed by atoms with E-state index >= 15 is 0 Å². The van der Waals surface area contributed by atoms with Gasteiger partial charge in [-0.2, -0.15) is 0 Å². The van der Waals surface area contributed by atoms with Gasteiger partial charge in [0.15, 0.2) is 0 Å². The predicted molar refractivity (Wildman–Crippen MR) is 83.5 cm³/mol. The smallest absolute Gasteiger partial charge is 0.0447 e. The van der Waals surface area contributed by atoms with Crippen LogP contribution in [0.3, 0.4) is 0 Å². The molecule has 0 aliphatic heterocycles. The zero-order valence-corrected chi connectivity index (χ0v) is 12.9. The van der Waals surface area contributed by atoms with Crippen LogP contribution in [0.25, 0.3) is 0 Å². The van der Waals surface area contributed by atoms with Gasteiger partial charge >= 0.3 is 0 Å². The number of nitrogens with one attached hydrogen (secondary N) is 1. The highest BCUT2D eigenvalue weighted by molar-refractivity contribution is 5.53. The minimum absolute atomic E-state index is 0.105. The Bertz CT molecular complexity index is 405. The van der Waals surface area contributed by atoms with Crippen molar-refractivity contribution in [3.63, 3.8) is 0 Å². The van der Waals surface area contributed by atoms with E-state index in [0.717, 1.165) is 13.1 Å². The molecule has 0 amide bonds. The summed E-state index contributed by atoms with van der Waals surface area (Å²) in [5.74, 6) is 0. The molecule has 3 nitrogen and oxygen atoms in total. The fourth-order valence-corrected chi connectivity index (χ4v) is 1.92. The summed E-state index contributed by atoms with van der Waals surface area (Å²) in [6.07, 6.45) is 5.75. The minimum atomic E-state index is 0.105. The van der Waals surface area contributed by atoms with Crippen LogP contribution in [0.5, 0.6) is 0 Å². The molecule has 1 N–H and O–H groups in total. The number of anilines is 1. The van der Waals surface area contributed by atoms with E-state index in [0.29, 0.717) is 6.04 Å². The molecular formula is C16H27N3. The summed E-state index contributed by atoms with van der Waals surface area (Å²) < 4.78 is 0. The van der Waals surface area contributed by atoms with Crippen molar-refractivity contribution in [1.29, 1.82) is 0 Å². The van der Waals surface area contributed by atoms with Gasteiger partial charge in [-0.3, -0.25) is 4.98 Å². The molecule has 0 saturated heterocycles. The highest BCUT2D eigenvalue weighted by Gasteiger charge is 2.15. The third kappa shape index (κ3) is 5.03. The molecule has 1 aromatic rings. The first kappa shape index (κ1) is 15.7. The lowest BCUT2D eigenvalue weighted by Gasteiger charge is -2.30. The summed E-state index contributed by atoms with van der Waals surface area (Å²) in [6.45, 7) is 16.4. The molecule has 0 unspecified atom stereocenters. The third-order valence-corrected chi connectivity index (χ3v) is 2.95. The average molecular weight is 261 g/mol. The third-order valence-electron chi connectivity index (χ3n) is 2.95. The molecule has 0 aliphatic carbocycles. The summed E-state index contributed by atoms with van der Waals surface area (Å²) in [5, 5.41) is 3.52. The van der Waals surface area contributed by atoms with Crippen LogP contribution in [0.2, 0.25) is 0 Å². The van der Waals surface area contributed by atoms with Gasteiger partial charge in [-0.25, -0.2) is 0 Å². The van der Waals surface area contributed by atoms with Gasteiger partial charge in [0.25, 0.3) is 0 Å². The van der Waals surface area contributed by atoms with E-state index in [-0.39, 0.29) is 5.54 Å². The minimum Gasteiger partial charge on any atom is -0.365 e. The van der Waals surface area contributed by atoms with E-state index in [1.54, 1.807) is 0 Å². The van der Waals surface area contributed by atoms with Crippen molar-refractivity contribution in [2.24, 2.45) is 0 Å². The topological polar surface area (TPSA) is 28.2 Å². The average Bonchev–Trinajstić information content (AvgIpc) is 2.33. The Morgan fingerprint density at radius 2 is 2.11 bits per heavy atom. The molecule has 1 aromatic heterocycles. The van der Waals surface area contributed by atoms with Gasteiger partial charge in [0.2, 0.25) is 0 Å². The second kappa shape index (κ2) is 6.71. The lowest BCUT2D eigenvalue weighted by Crippen LogP contribution is -2.37. The van der Waals surface area contributed by atoms with Gasteiger partial charge in [-0.05, 0) is 40.7 Å². The predicted octanol–water partition coefficient (Wildman–Crippen LogP) is 3.37. The molecule has 0 saturated carbocycles. The Morgan fingerprint density at radius 1 is 1.42 bits per heavy atom. The molecular weight excluding hydrogens is 234 g/mol. The van der Waals surface area contributed by atoms with Gasteiger partial charge < -0.3 is 10.2 Å². The largest absolute Gasteiger partial charge is 0.365 e. The normalized spacial score (nSPS) is 11.7. The van der Waals surface area contributed by atoms with Crippen LogP contribution in [-0.4, -0.2) is 23.1 Å². The molecule has 0 radical (unpaired) electrons. The summed E-state index contributed by atoms with van der Waals surface area (Å²) >= 11 is 0. The maximum Gasteiger partial charge on any atom is 0.0447 e. The lowest BCUT2D eigenvalue weighted by molar-refractivity contribution is 0.424. The van der Waals surface area contributed by atoms with Crippen molar-refractivity contribution >= 4 is 5.69 Å². The van der Waals surface area contributed by atoms with Gasteiger partial charge in [-0.15, -0.1) is 6.58 Å². The van der Waals surface area contributed by atoms with Crippen molar-refractivity contribution < 1.29 is 0 Å². The van der Waals surface area contributed by atoms with Crippen molar-refractivity contribution in [2.45, 2.75) is 52.7 Å². The molecule has 106 valence electrons. The maximum absolute atomic E-state index is 4.26. The van der Waals surface area contributed by atoms with E-state index in [2.05, 4.69) is 62.5 Å². The van der Waals surface area contributed by atoms with E-state index in [1.165, 1.54) is 11.3 Å². The van der Waals surface area contributed by atoms with Crippen LogP contribution in [0.1, 0.15) is 40.2 Å². The van der Waals surface area contributed by atoms with Crippen LogP contribution in [0.4, 0.5) is 5.69 Å². The first-order valence-electron chi connectivity index (χ1n) is 6.90. The quantitative estimate of drug-likeness (QED) is 0.796. The van der Waals surface area contributed by atoms with Crippen LogP contribution in [-0.2, 0) is 6.54 Å². The second-order valence-corrected chi connectivity index (χ2v) is 6.14. The standard InChI is InChI=1S/C16H27N3/c1-7-10-19(13(2)3)15-8-9-17-11-14(15)12-18-16(4,5)6/h7-9,11,13,18H,1,10,12H2,2-6H3. The Labute approximate surface area is 117 Å². The highest BCUT2D eigenvalue weighted by Crippen LogP contribution is 2.22. The summed E-state index contributed by atoms with van der Waals surface area (Å²) in [4.78, 5) is 6.60. The van der Waals surface area contributed by atoms with Crippen molar-refractivity contribution in [2.75, 3.05) is 11.4 Å². The van der Waals surface area contributed by atoms with Gasteiger partial charge in [0, 0.05) is 48.3 Å². The first-order chi connectivity index (χ1) is 8.85. The van der Waals surface area contributed by atoms with E-state index < -0.39 is 0 Å². The molecule has 1 heterocycles. The zero-order valence-electron chi connectivity index (χ0n) is 12.9. The second-order valence-electron chi connectivity index (χ2n) is 6.14. The molecule has 0 spiro atoms. The van der Waals surface area contributed by atoms with Gasteiger partial charge in [-0.1, -0.05) is 6.08 Å². The van der Waals surface area contributed by atoms with E-state index in [1.807, 2.05) is 18.5 Å². The fourth-order valence-electron chi connectivity index (χ4n) is 1.92. The fraction of sp³-hybridized carbons (Fsp3) is 0.562. The lowest BCUT2D eigenvalue weighted by atomic mass is 10.1. The molecule has 0 atom stereocenters. The number of rotatable bonds is 6. The van der Waals surface area contributed by atoms with Crippen molar-refractivity contribution in [3.05, 3.63) is 36.7 Å². The summed E-state index contributed by atoms with van der Waals surface area (Å²) in [6, 6.07) is 2.53. The number of hydrogen-bond donors (Lipinski definition) is 1. The summed E-state index contributed by atoms with van der Waals surface area (Å²) in [7, 11) is 0. The monoisotopic (exact) mass is 261 g/mol. The van der Waals surface area contributed by atoms with Gasteiger partial charge in [0.1, 0.15) is 0 Å². The molecule has 3 heteroatoms. The van der Waals surface area contributed by atoms with Gasteiger partial charge in [0.05, 0.1) is 0 Å². The van der Waals surface area contributed by atoms with Crippen molar-refractivity contribution in [3.8, 4) is 0 Å². The number of pyridine rings is 1. The first-order valence-corrected chi connectivity index (χ1v) is 6.90. The Kier molecular flexibility index (Phi) is 5.55. The summed E-state index contributed by atoms with van der Waals surface area (Å²) in [5.41, 5.74) is 2.57. The maximum atomic E-state index is 4.26. The van der Waals surface area contributed by atoms with Crippen LogP contribution >= 0.6 is 0 Å². The van der Waals surface area contributed by atoms with Crippen LogP contribution < -0.4 is 10.2 Å². The Morgan fingerprint density at radius 3 is 2.63 bits per heavy atom. The van der Waals surface area contributed by atoms with Crippen molar-refractivity contribution in [1.82, 2.24) is 10.3 Å². The molecule has 0 fully saturated rings. The van der Waals surface area contributed by atoms with Crippen LogP contribution in [0, 0.1) is 0 Å². The highest BCUT2D eigenvalue weighted by atomic mass is 15.2. The molecule has 1 rings (SSSR count). The van der Waals surface area contributed by atoms with E-state index in [4.69, 9.17) is 0 Å². The Balaban J connectivity index is 2.96. The van der Waals surface area contributed by atoms with Crippen LogP contribution in [0.15, 0.2) is 31.1 Å². The molecule has 0 aromatic carbocycles. The number of nitrogens with zero attached hydrogens (tertiary/aromatic N) is 2.